The van der Waals surface area contributed by atoms with Crippen LogP contribution in [-0.4, -0.2) is 29.3 Å². The van der Waals surface area contributed by atoms with Crippen molar-refractivity contribution in [2.24, 2.45) is 0 Å². The van der Waals surface area contributed by atoms with Crippen LogP contribution in [-0.2, 0) is 15.5 Å². The van der Waals surface area contributed by atoms with E-state index in [4.69, 9.17) is 9.31 Å². The zero-order valence-corrected chi connectivity index (χ0v) is 16.7. The van der Waals surface area contributed by atoms with Crippen LogP contribution < -0.4 is 16.1 Å². The lowest BCUT2D eigenvalue weighted by Gasteiger charge is -2.32. The lowest BCUT2D eigenvalue weighted by atomic mass is 9.80. The summed E-state index contributed by atoms with van der Waals surface area (Å²) in [5.41, 5.74) is -2.49. The summed E-state index contributed by atoms with van der Waals surface area (Å²) < 4.78 is 64.2. The maximum Gasteiger partial charge on any atom is 0.496 e. The molecule has 2 amide bonds. The molecule has 11 heteroatoms. The van der Waals surface area contributed by atoms with Gasteiger partial charge in [-0.05, 0) is 45.9 Å². The van der Waals surface area contributed by atoms with Gasteiger partial charge in [-0.3, -0.25) is 5.32 Å². The summed E-state index contributed by atoms with van der Waals surface area (Å²) in [6.07, 6.45) is -3.42. The van der Waals surface area contributed by atoms with Crippen LogP contribution in [0.4, 0.5) is 33.9 Å². The van der Waals surface area contributed by atoms with Crippen molar-refractivity contribution in [3.8, 4) is 0 Å². The first kappa shape index (κ1) is 22.0. The minimum Gasteiger partial charge on any atom is -0.399 e. The van der Waals surface area contributed by atoms with Crippen LogP contribution in [0.1, 0.15) is 33.3 Å². The molecule has 1 saturated heterocycles. The second-order valence-electron chi connectivity index (χ2n) is 7.81. The van der Waals surface area contributed by atoms with Crippen molar-refractivity contribution in [1.82, 2.24) is 4.98 Å². The third-order valence-corrected chi connectivity index (χ3v) is 5.11. The quantitative estimate of drug-likeness (QED) is 0.572. The van der Waals surface area contributed by atoms with Gasteiger partial charge in [-0.25, -0.2) is 14.2 Å². The van der Waals surface area contributed by atoms with E-state index < -0.39 is 47.6 Å². The highest BCUT2D eigenvalue weighted by molar-refractivity contribution is 6.62. The highest BCUT2D eigenvalue weighted by atomic mass is 19.4. The molecule has 1 aromatic carbocycles. The third-order valence-electron chi connectivity index (χ3n) is 5.11. The zero-order valence-electron chi connectivity index (χ0n) is 16.7. The number of urea groups is 1. The van der Waals surface area contributed by atoms with E-state index in [9.17, 15) is 22.4 Å². The highest BCUT2D eigenvalue weighted by Crippen LogP contribution is 2.36. The maximum absolute atomic E-state index is 14.0. The molecule has 2 N–H and O–H groups in total. The molecule has 6 nitrogen and oxygen atoms in total. The Labute approximate surface area is 171 Å². The zero-order chi connectivity index (χ0) is 22.3. The van der Waals surface area contributed by atoms with Gasteiger partial charge in [-0.2, -0.15) is 13.2 Å². The van der Waals surface area contributed by atoms with Crippen LogP contribution in [0.2, 0.25) is 0 Å². The molecule has 1 aliphatic rings. The van der Waals surface area contributed by atoms with Gasteiger partial charge in [0.15, 0.2) is 5.82 Å². The molecule has 0 bridgehead atoms. The molecule has 2 aromatic rings. The minimum atomic E-state index is -4.87. The Balaban J connectivity index is 1.66. The van der Waals surface area contributed by atoms with E-state index in [1.165, 1.54) is 12.3 Å². The summed E-state index contributed by atoms with van der Waals surface area (Å²) in [6.45, 7) is 7.64. The molecule has 30 heavy (non-hydrogen) atoms. The Bertz CT molecular complexity index is 933. The molecule has 1 fully saturated rings. The molecule has 0 saturated carbocycles. The van der Waals surface area contributed by atoms with Crippen LogP contribution in [0.25, 0.3) is 0 Å². The second kappa shape index (κ2) is 7.55. The summed E-state index contributed by atoms with van der Waals surface area (Å²) >= 11 is 0. The Kier molecular flexibility index (Phi) is 5.55. The lowest BCUT2D eigenvalue weighted by Crippen LogP contribution is -2.41. The summed E-state index contributed by atoms with van der Waals surface area (Å²) in [5.74, 6) is -1.45. The minimum absolute atomic E-state index is 0.111. The molecular weight excluding hydrogens is 405 g/mol. The molecule has 0 atom stereocenters. The van der Waals surface area contributed by atoms with Gasteiger partial charge in [0.2, 0.25) is 0 Å². The SMILES string of the molecule is CC1(C)OB(c2ccc(NC(=O)Nc3cccc(C(F)(F)F)c3F)nc2)OC1(C)C. The monoisotopic (exact) mass is 425 g/mol. The Morgan fingerprint density at radius 3 is 2.20 bits per heavy atom. The van der Waals surface area contributed by atoms with Gasteiger partial charge in [0.25, 0.3) is 0 Å². The normalized spacial score (nSPS) is 17.7. The average molecular weight is 425 g/mol. The molecule has 1 aliphatic heterocycles. The number of aromatic nitrogens is 1. The fourth-order valence-electron chi connectivity index (χ4n) is 2.72. The first-order valence-electron chi connectivity index (χ1n) is 9.05. The number of nitrogens with one attached hydrogen (secondary N) is 2. The van der Waals surface area contributed by atoms with E-state index in [0.717, 1.165) is 12.1 Å². The molecule has 160 valence electrons. The van der Waals surface area contributed by atoms with Crippen molar-refractivity contribution in [1.29, 1.82) is 0 Å². The van der Waals surface area contributed by atoms with Gasteiger partial charge >= 0.3 is 19.3 Å². The highest BCUT2D eigenvalue weighted by Gasteiger charge is 2.51. The van der Waals surface area contributed by atoms with E-state index in [2.05, 4.69) is 10.3 Å². The lowest BCUT2D eigenvalue weighted by molar-refractivity contribution is -0.139. The number of rotatable bonds is 3. The molecule has 0 unspecified atom stereocenters. The van der Waals surface area contributed by atoms with Gasteiger partial charge in [0, 0.05) is 11.7 Å². The number of alkyl halides is 3. The van der Waals surface area contributed by atoms with E-state index in [1.54, 1.807) is 6.07 Å². The number of anilines is 2. The fourth-order valence-corrected chi connectivity index (χ4v) is 2.72. The number of nitrogens with zero attached hydrogens (tertiary/aromatic N) is 1. The van der Waals surface area contributed by atoms with E-state index >= 15 is 0 Å². The predicted molar refractivity (Wildman–Crippen MR) is 104 cm³/mol. The second-order valence-corrected chi connectivity index (χ2v) is 7.81. The van der Waals surface area contributed by atoms with Crippen LogP contribution in [0.3, 0.4) is 0 Å². The molecule has 0 spiro atoms. The van der Waals surface area contributed by atoms with Crippen molar-refractivity contribution in [3.05, 3.63) is 47.9 Å². The number of halogens is 4. The molecule has 0 radical (unpaired) electrons. The van der Waals surface area contributed by atoms with E-state index in [-0.39, 0.29) is 5.82 Å². The van der Waals surface area contributed by atoms with E-state index in [0.29, 0.717) is 11.5 Å². The van der Waals surface area contributed by atoms with Gasteiger partial charge in [0.1, 0.15) is 5.82 Å². The smallest absolute Gasteiger partial charge is 0.399 e. The topological polar surface area (TPSA) is 72.5 Å². The Morgan fingerprint density at radius 2 is 1.67 bits per heavy atom. The van der Waals surface area contributed by atoms with Crippen LogP contribution in [0, 0.1) is 5.82 Å². The fraction of sp³-hybridized carbons (Fsp3) is 0.368. The number of hydrogen-bond acceptors (Lipinski definition) is 4. The van der Waals surface area contributed by atoms with Crippen LogP contribution in [0.5, 0.6) is 0 Å². The largest absolute Gasteiger partial charge is 0.496 e. The van der Waals surface area contributed by atoms with Gasteiger partial charge in [-0.15, -0.1) is 0 Å². The van der Waals surface area contributed by atoms with Crippen molar-refractivity contribution in [2.45, 2.75) is 45.1 Å². The first-order valence-corrected chi connectivity index (χ1v) is 9.05. The van der Waals surface area contributed by atoms with Crippen molar-refractivity contribution in [2.75, 3.05) is 10.6 Å². The summed E-state index contributed by atoms with van der Waals surface area (Å²) in [4.78, 5) is 16.1. The van der Waals surface area contributed by atoms with Gasteiger partial charge in [0.05, 0.1) is 22.5 Å². The number of hydrogen-bond donors (Lipinski definition) is 2. The average Bonchev–Trinajstić information content (AvgIpc) is 2.84. The van der Waals surface area contributed by atoms with Crippen molar-refractivity contribution < 1.29 is 31.7 Å². The Morgan fingerprint density at radius 1 is 1.03 bits per heavy atom. The van der Waals surface area contributed by atoms with Crippen LogP contribution in [0.15, 0.2) is 36.5 Å². The van der Waals surface area contributed by atoms with Crippen LogP contribution >= 0.6 is 0 Å². The molecular formula is C19H20BF4N3O3. The number of pyridine rings is 1. The Hall–Kier alpha value is -2.66. The number of carbonyl (C=O) groups excluding carboxylic acids is 1. The number of amides is 2. The molecule has 0 aliphatic carbocycles. The van der Waals surface area contributed by atoms with E-state index in [1.807, 2.05) is 33.0 Å². The first-order chi connectivity index (χ1) is 13.8. The number of carbonyl (C=O) groups is 1. The van der Waals surface area contributed by atoms with Crippen molar-refractivity contribution in [3.63, 3.8) is 0 Å². The standard InChI is InChI=1S/C19H20BF4N3O3/c1-17(2)18(3,4)30-20(29-17)11-8-9-14(25-10-11)27-16(28)26-13-7-5-6-12(15(13)21)19(22,23)24/h5-10H,1-4H3,(H2,25,26,27,28). The number of benzene rings is 1. The van der Waals surface area contributed by atoms with Gasteiger partial charge < -0.3 is 14.6 Å². The molecule has 3 rings (SSSR count). The summed E-state index contributed by atoms with van der Waals surface area (Å²) in [5, 5.41) is 4.38. The molecule has 2 heterocycles. The van der Waals surface area contributed by atoms with Crippen molar-refractivity contribution >= 4 is 30.1 Å². The predicted octanol–water partition coefficient (Wildman–Crippen LogP) is 4.18. The van der Waals surface area contributed by atoms with Gasteiger partial charge in [-0.1, -0.05) is 12.1 Å². The summed E-state index contributed by atoms with van der Waals surface area (Å²) in [6, 6.07) is 4.79. The molecule has 1 aromatic heterocycles. The third kappa shape index (κ3) is 4.41. The summed E-state index contributed by atoms with van der Waals surface area (Å²) in [7, 11) is -0.635. The maximum atomic E-state index is 14.0.